The fourth-order valence-electron chi connectivity index (χ4n) is 0.213. The summed E-state index contributed by atoms with van der Waals surface area (Å²) in [7, 11) is 0. The minimum absolute atomic E-state index is 0.312. The average Bonchev–Trinajstić information content (AvgIpc) is 1.84. The van der Waals surface area contributed by atoms with Gasteiger partial charge in [0, 0.05) is 13.8 Å². The van der Waals surface area contributed by atoms with Crippen LogP contribution in [-0.2, 0) is 19.2 Å². The van der Waals surface area contributed by atoms with Crippen LogP contribution < -0.4 is 0 Å². The largest absolute Gasteiger partial charge is 0.481 e. The standard InChI is InChI=1S/C4H6O3.C4H6O2/c1-3(5)2-4(6)7;1-3(5)4(2)6/h2H2,1H3,(H,6,7);1-2H3. The lowest BCUT2D eigenvalue weighted by Gasteiger charge is -1.80. The Hall–Kier alpha value is -1.52. The number of carboxylic acids is 1. The SMILES string of the molecule is CC(=O)C(C)=O.CC(=O)CC(=O)O. The van der Waals surface area contributed by atoms with Gasteiger partial charge in [0.2, 0.25) is 0 Å². The lowest BCUT2D eigenvalue weighted by atomic mass is 10.3. The third kappa shape index (κ3) is 17.9. The molecular formula is C8H12O5. The van der Waals surface area contributed by atoms with E-state index in [-0.39, 0.29) is 23.8 Å². The van der Waals surface area contributed by atoms with Gasteiger partial charge in [-0.25, -0.2) is 0 Å². The first kappa shape index (κ1) is 14.0. The Kier molecular flexibility index (Phi) is 7.71. The summed E-state index contributed by atoms with van der Waals surface area (Å²) in [6, 6.07) is 0. The number of aliphatic carboxylic acids is 1. The van der Waals surface area contributed by atoms with Crippen LogP contribution in [-0.4, -0.2) is 28.4 Å². The van der Waals surface area contributed by atoms with Gasteiger partial charge in [-0.15, -0.1) is 0 Å². The number of carbonyl (C=O) groups is 4. The number of carbonyl (C=O) groups excluding carboxylic acids is 3. The highest BCUT2D eigenvalue weighted by molar-refractivity contribution is 6.35. The number of hydrogen-bond acceptors (Lipinski definition) is 4. The molecule has 74 valence electrons. The summed E-state index contributed by atoms with van der Waals surface area (Å²) in [4.78, 5) is 39.1. The van der Waals surface area contributed by atoms with E-state index in [1.54, 1.807) is 0 Å². The zero-order valence-electron chi connectivity index (χ0n) is 7.79. The fraction of sp³-hybridized carbons (Fsp3) is 0.500. The van der Waals surface area contributed by atoms with Gasteiger partial charge in [0.25, 0.3) is 0 Å². The van der Waals surface area contributed by atoms with Crippen LogP contribution in [0, 0.1) is 0 Å². The van der Waals surface area contributed by atoms with E-state index in [0.29, 0.717) is 0 Å². The van der Waals surface area contributed by atoms with Gasteiger partial charge in [-0.05, 0) is 6.92 Å². The van der Waals surface area contributed by atoms with Crippen molar-refractivity contribution in [1.82, 2.24) is 0 Å². The summed E-state index contributed by atoms with van der Waals surface area (Å²) in [6.07, 6.45) is -0.361. The molecule has 0 saturated carbocycles. The summed E-state index contributed by atoms with van der Waals surface area (Å²) >= 11 is 0. The van der Waals surface area contributed by atoms with Gasteiger partial charge >= 0.3 is 5.97 Å². The molecule has 1 N–H and O–H groups in total. The molecule has 0 saturated heterocycles. The van der Waals surface area contributed by atoms with E-state index in [9.17, 15) is 19.2 Å². The molecule has 0 aliphatic rings. The topological polar surface area (TPSA) is 88.5 Å². The molecule has 5 nitrogen and oxygen atoms in total. The van der Waals surface area contributed by atoms with Gasteiger partial charge in [0.15, 0.2) is 11.6 Å². The van der Waals surface area contributed by atoms with Crippen LogP contribution in [0.5, 0.6) is 0 Å². The van der Waals surface area contributed by atoms with Crippen LogP contribution in [0.15, 0.2) is 0 Å². The molecule has 0 aliphatic carbocycles. The van der Waals surface area contributed by atoms with Crippen molar-refractivity contribution in [3.63, 3.8) is 0 Å². The first-order valence-corrected chi connectivity index (χ1v) is 3.50. The molecule has 0 aromatic heterocycles. The number of rotatable bonds is 3. The summed E-state index contributed by atoms with van der Waals surface area (Å²) < 4.78 is 0. The molecule has 0 heterocycles. The fourth-order valence-corrected chi connectivity index (χ4v) is 0.213. The lowest BCUT2D eigenvalue weighted by Crippen LogP contribution is -2.01. The average molecular weight is 188 g/mol. The third-order valence-electron chi connectivity index (χ3n) is 0.896. The van der Waals surface area contributed by atoms with Crippen LogP contribution in [0.25, 0.3) is 0 Å². The van der Waals surface area contributed by atoms with E-state index in [0.717, 1.165) is 0 Å². The van der Waals surface area contributed by atoms with Crippen LogP contribution in [0.3, 0.4) is 0 Å². The zero-order chi connectivity index (χ0) is 11.0. The van der Waals surface area contributed by atoms with E-state index < -0.39 is 5.97 Å². The Labute approximate surface area is 75.7 Å². The Morgan fingerprint density at radius 1 is 0.923 bits per heavy atom. The number of carboxylic acid groups (broad SMARTS) is 1. The second-order valence-electron chi connectivity index (χ2n) is 2.38. The summed E-state index contributed by atoms with van der Waals surface area (Å²) in [5.41, 5.74) is 0. The van der Waals surface area contributed by atoms with Crippen LogP contribution in [0.4, 0.5) is 0 Å². The van der Waals surface area contributed by atoms with Crippen LogP contribution >= 0.6 is 0 Å². The van der Waals surface area contributed by atoms with Crippen molar-refractivity contribution in [2.45, 2.75) is 27.2 Å². The predicted octanol–water partition coefficient (Wildman–Crippen LogP) is 0.215. The third-order valence-corrected chi connectivity index (χ3v) is 0.896. The molecule has 0 aromatic carbocycles. The number of ketones is 3. The highest BCUT2D eigenvalue weighted by atomic mass is 16.4. The van der Waals surface area contributed by atoms with Crippen molar-refractivity contribution in [1.29, 1.82) is 0 Å². The highest BCUT2D eigenvalue weighted by Gasteiger charge is 1.98. The second-order valence-corrected chi connectivity index (χ2v) is 2.38. The molecule has 0 amide bonds. The van der Waals surface area contributed by atoms with Crippen molar-refractivity contribution >= 4 is 23.3 Å². The first-order chi connectivity index (χ1) is 5.77. The molecular weight excluding hydrogens is 176 g/mol. The molecule has 0 rings (SSSR count). The Morgan fingerprint density at radius 2 is 1.23 bits per heavy atom. The Balaban J connectivity index is 0. The van der Waals surface area contributed by atoms with Crippen molar-refractivity contribution in [3.8, 4) is 0 Å². The highest BCUT2D eigenvalue weighted by Crippen LogP contribution is 1.77. The monoisotopic (exact) mass is 188 g/mol. The normalized spacial score (nSPS) is 7.92. The smallest absolute Gasteiger partial charge is 0.310 e. The van der Waals surface area contributed by atoms with Crippen molar-refractivity contribution in [2.75, 3.05) is 0 Å². The molecule has 0 atom stereocenters. The minimum Gasteiger partial charge on any atom is -0.481 e. The summed E-state index contributed by atoms with van der Waals surface area (Å²) in [5, 5.41) is 7.86. The van der Waals surface area contributed by atoms with E-state index in [1.165, 1.54) is 20.8 Å². The molecule has 0 aliphatic heterocycles. The molecule has 0 fully saturated rings. The quantitative estimate of drug-likeness (QED) is 0.505. The molecule has 0 bridgehead atoms. The minimum atomic E-state index is -1.06. The Morgan fingerprint density at radius 3 is 1.23 bits per heavy atom. The maximum atomic E-state index is 9.87. The molecule has 5 heteroatoms. The van der Waals surface area contributed by atoms with Gasteiger partial charge in [-0.2, -0.15) is 0 Å². The first-order valence-electron chi connectivity index (χ1n) is 3.50. The van der Waals surface area contributed by atoms with Crippen LogP contribution in [0.1, 0.15) is 27.2 Å². The van der Waals surface area contributed by atoms with Gasteiger partial charge in [-0.1, -0.05) is 0 Å². The van der Waals surface area contributed by atoms with Gasteiger partial charge in [-0.3, -0.25) is 19.2 Å². The molecule has 0 spiro atoms. The second kappa shape index (κ2) is 7.15. The summed E-state index contributed by atoms with van der Waals surface area (Å²) in [6.45, 7) is 3.75. The van der Waals surface area contributed by atoms with Gasteiger partial charge in [0.1, 0.15) is 12.2 Å². The van der Waals surface area contributed by atoms with Crippen molar-refractivity contribution < 1.29 is 24.3 Å². The van der Waals surface area contributed by atoms with Crippen molar-refractivity contribution in [2.24, 2.45) is 0 Å². The maximum Gasteiger partial charge on any atom is 0.310 e. The molecule has 0 radical (unpaired) electrons. The number of hydrogen-bond donors (Lipinski definition) is 1. The lowest BCUT2D eigenvalue weighted by molar-refractivity contribution is -0.139. The van der Waals surface area contributed by atoms with Crippen molar-refractivity contribution in [3.05, 3.63) is 0 Å². The van der Waals surface area contributed by atoms with Crippen LogP contribution in [0.2, 0.25) is 0 Å². The molecule has 13 heavy (non-hydrogen) atoms. The van der Waals surface area contributed by atoms with E-state index in [4.69, 9.17) is 5.11 Å². The predicted molar refractivity (Wildman–Crippen MR) is 44.3 cm³/mol. The summed E-state index contributed by atoms with van der Waals surface area (Å²) in [5.74, 6) is -2.13. The Bertz CT molecular complexity index is 205. The maximum absolute atomic E-state index is 9.87. The molecule has 0 unspecified atom stereocenters. The van der Waals surface area contributed by atoms with Gasteiger partial charge in [0.05, 0.1) is 0 Å². The molecule has 0 aromatic rings. The van der Waals surface area contributed by atoms with Gasteiger partial charge < -0.3 is 5.11 Å². The van der Waals surface area contributed by atoms with E-state index in [1.807, 2.05) is 0 Å². The van der Waals surface area contributed by atoms with E-state index in [2.05, 4.69) is 0 Å². The van der Waals surface area contributed by atoms with E-state index >= 15 is 0 Å². The zero-order valence-corrected chi connectivity index (χ0v) is 7.79. The number of Topliss-reactive ketones (excluding diaryl/α,β-unsaturated/α-hetero) is 3.